The fourth-order valence-electron chi connectivity index (χ4n) is 2.29. The number of halogens is 2. The summed E-state index contributed by atoms with van der Waals surface area (Å²) in [7, 11) is 1.93. The molecule has 19 heavy (non-hydrogen) atoms. The van der Waals surface area contributed by atoms with E-state index < -0.39 is 0 Å². The third-order valence-corrected chi connectivity index (χ3v) is 4.27. The fraction of sp³-hybridized carbons (Fsp3) is 0.267. The number of aromatic nitrogens is 1. The second-order valence-electron chi connectivity index (χ2n) is 4.50. The number of likely N-dealkylation sites (N-methyl/N-ethyl adjacent to an activating group) is 1. The van der Waals surface area contributed by atoms with Gasteiger partial charge in [0.05, 0.1) is 0 Å². The first-order valence-electron chi connectivity index (χ1n) is 6.15. The maximum absolute atomic E-state index is 13.2. The zero-order valence-corrected chi connectivity index (χ0v) is 13.1. The summed E-state index contributed by atoms with van der Waals surface area (Å²) in [6.07, 6.45) is 3.60. The molecule has 0 spiro atoms. The third-order valence-electron chi connectivity index (χ3n) is 3.34. The summed E-state index contributed by atoms with van der Waals surface area (Å²) in [6, 6.07) is 9.13. The Labute approximate surface area is 126 Å². The van der Waals surface area contributed by atoms with E-state index in [1.807, 2.05) is 25.2 Å². The van der Waals surface area contributed by atoms with Gasteiger partial charge in [-0.05, 0) is 65.0 Å². The molecule has 1 heterocycles. The van der Waals surface area contributed by atoms with Crippen LogP contribution in [0.15, 0.2) is 42.7 Å². The Hall–Kier alpha value is -1.01. The Morgan fingerprint density at radius 3 is 2.47 bits per heavy atom. The molecule has 2 aromatic rings. The lowest BCUT2D eigenvalue weighted by atomic mass is 9.89. The van der Waals surface area contributed by atoms with Gasteiger partial charge < -0.3 is 5.32 Å². The van der Waals surface area contributed by atoms with E-state index in [0.29, 0.717) is 0 Å². The molecule has 1 aromatic carbocycles. The molecule has 2 nitrogen and oxygen atoms in total. The van der Waals surface area contributed by atoms with Gasteiger partial charge in [-0.1, -0.05) is 13.0 Å². The molecule has 2 unspecified atom stereocenters. The third kappa shape index (κ3) is 3.30. The van der Waals surface area contributed by atoms with Crippen LogP contribution in [0, 0.1) is 9.39 Å². The number of pyridine rings is 1. The highest BCUT2D eigenvalue weighted by Crippen LogP contribution is 2.32. The Bertz CT molecular complexity index is 545. The van der Waals surface area contributed by atoms with Crippen molar-refractivity contribution in [3.05, 3.63) is 63.2 Å². The Morgan fingerprint density at radius 2 is 1.89 bits per heavy atom. The average Bonchev–Trinajstić information content (AvgIpc) is 2.42. The van der Waals surface area contributed by atoms with Crippen LogP contribution in [-0.4, -0.2) is 12.0 Å². The highest BCUT2D eigenvalue weighted by molar-refractivity contribution is 14.1. The van der Waals surface area contributed by atoms with E-state index in [2.05, 4.69) is 39.8 Å². The molecule has 2 rings (SSSR count). The minimum Gasteiger partial charge on any atom is -0.312 e. The van der Waals surface area contributed by atoms with Gasteiger partial charge in [0.15, 0.2) is 0 Å². The van der Waals surface area contributed by atoms with Crippen molar-refractivity contribution in [2.75, 3.05) is 7.05 Å². The van der Waals surface area contributed by atoms with Gasteiger partial charge in [-0.2, -0.15) is 0 Å². The van der Waals surface area contributed by atoms with Crippen molar-refractivity contribution < 1.29 is 4.39 Å². The van der Waals surface area contributed by atoms with Crippen LogP contribution in [-0.2, 0) is 0 Å². The maximum Gasteiger partial charge on any atom is 0.124 e. The van der Waals surface area contributed by atoms with Crippen LogP contribution < -0.4 is 5.32 Å². The largest absolute Gasteiger partial charge is 0.312 e. The van der Waals surface area contributed by atoms with Crippen LogP contribution in [0.25, 0.3) is 0 Å². The lowest BCUT2D eigenvalue weighted by Crippen LogP contribution is -2.23. The predicted molar refractivity (Wildman–Crippen MR) is 83.6 cm³/mol. The SMILES string of the molecule is CNC(c1ccc(F)cc1I)C(C)c1ccncc1. The first kappa shape index (κ1) is 14.4. The zero-order chi connectivity index (χ0) is 13.8. The zero-order valence-electron chi connectivity index (χ0n) is 10.9. The minimum atomic E-state index is -0.195. The molecular formula is C15H16FIN2. The second kappa shape index (κ2) is 6.43. The van der Waals surface area contributed by atoms with Crippen LogP contribution >= 0.6 is 22.6 Å². The Balaban J connectivity index is 2.34. The molecule has 1 N–H and O–H groups in total. The molecule has 0 saturated carbocycles. The molecule has 100 valence electrons. The van der Waals surface area contributed by atoms with Crippen molar-refractivity contribution in [3.63, 3.8) is 0 Å². The summed E-state index contributed by atoms with van der Waals surface area (Å²) in [4.78, 5) is 4.04. The summed E-state index contributed by atoms with van der Waals surface area (Å²) in [6.45, 7) is 2.16. The van der Waals surface area contributed by atoms with Gasteiger partial charge in [0.1, 0.15) is 5.82 Å². The van der Waals surface area contributed by atoms with Gasteiger partial charge in [0.25, 0.3) is 0 Å². The van der Waals surface area contributed by atoms with E-state index >= 15 is 0 Å². The van der Waals surface area contributed by atoms with Crippen LogP contribution in [0.3, 0.4) is 0 Å². The average molecular weight is 370 g/mol. The van der Waals surface area contributed by atoms with Crippen molar-refractivity contribution in [3.8, 4) is 0 Å². The van der Waals surface area contributed by atoms with Gasteiger partial charge in [-0.3, -0.25) is 4.98 Å². The maximum atomic E-state index is 13.2. The van der Waals surface area contributed by atoms with Crippen LogP contribution in [0.2, 0.25) is 0 Å². The summed E-state index contributed by atoms with van der Waals surface area (Å²) in [5, 5.41) is 3.33. The summed E-state index contributed by atoms with van der Waals surface area (Å²) >= 11 is 2.18. The Kier molecular flexibility index (Phi) is 4.87. The number of rotatable bonds is 4. The first-order valence-corrected chi connectivity index (χ1v) is 7.23. The topological polar surface area (TPSA) is 24.9 Å². The van der Waals surface area contributed by atoms with Gasteiger partial charge >= 0.3 is 0 Å². The molecular weight excluding hydrogens is 354 g/mol. The molecule has 0 amide bonds. The summed E-state index contributed by atoms with van der Waals surface area (Å²) < 4.78 is 14.1. The molecule has 0 aliphatic heterocycles. The number of hydrogen-bond acceptors (Lipinski definition) is 2. The van der Waals surface area contributed by atoms with Crippen LogP contribution in [0.1, 0.15) is 30.0 Å². The molecule has 1 aromatic heterocycles. The van der Waals surface area contributed by atoms with Gasteiger partial charge in [0.2, 0.25) is 0 Å². The van der Waals surface area contributed by atoms with Gasteiger partial charge in [0, 0.05) is 27.9 Å². The van der Waals surface area contributed by atoms with E-state index in [1.54, 1.807) is 18.5 Å². The van der Waals surface area contributed by atoms with Crippen molar-refractivity contribution in [2.24, 2.45) is 0 Å². The van der Waals surface area contributed by atoms with Crippen LogP contribution in [0.5, 0.6) is 0 Å². The number of nitrogens with zero attached hydrogens (tertiary/aromatic N) is 1. The molecule has 0 aliphatic carbocycles. The summed E-state index contributed by atoms with van der Waals surface area (Å²) in [5.41, 5.74) is 2.34. The monoisotopic (exact) mass is 370 g/mol. The van der Waals surface area contributed by atoms with E-state index in [0.717, 1.165) is 9.13 Å². The smallest absolute Gasteiger partial charge is 0.124 e. The summed E-state index contributed by atoms with van der Waals surface area (Å²) in [5.74, 6) is 0.0894. The highest BCUT2D eigenvalue weighted by Gasteiger charge is 2.21. The van der Waals surface area contributed by atoms with Crippen molar-refractivity contribution in [1.82, 2.24) is 10.3 Å². The van der Waals surface area contributed by atoms with E-state index in [-0.39, 0.29) is 17.8 Å². The van der Waals surface area contributed by atoms with Gasteiger partial charge in [-0.25, -0.2) is 4.39 Å². The molecule has 0 radical (unpaired) electrons. The number of hydrogen-bond donors (Lipinski definition) is 1. The lowest BCUT2D eigenvalue weighted by molar-refractivity contribution is 0.504. The normalized spacial score (nSPS) is 14.1. The number of nitrogens with one attached hydrogen (secondary N) is 1. The standard InChI is InChI=1S/C15H16FIN2/c1-10(11-5-7-19-8-6-11)15(18-2)13-4-3-12(16)9-14(13)17/h3-10,15,18H,1-2H3. The molecule has 0 bridgehead atoms. The number of benzene rings is 1. The highest BCUT2D eigenvalue weighted by atomic mass is 127. The van der Waals surface area contributed by atoms with Crippen molar-refractivity contribution in [2.45, 2.75) is 18.9 Å². The quantitative estimate of drug-likeness (QED) is 0.827. The molecule has 0 fully saturated rings. The van der Waals surface area contributed by atoms with Crippen LogP contribution in [0.4, 0.5) is 4.39 Å². The second-order valence-corrected chi connectivity index (χ2v) is 5.66. The van der Waals surface area contributed by atoms with Crippen molar-refractivity contribution >= 4 is 22.6 Å². The Morgan fingerprint density at radius 1 is 1.21 bits per heavy atom. The lowest BCUT2D eigenvalue weighted by Gasteiger charge is -2.25. The predicted octanol–water partition coefficient (Wildman–Crippen LogP) is 3.89. The molecule has 2 atom stereocenters. The molecule has 0 aliphatic rings. The van der Waals surface area contributed by atoms with E-state index in [9.17, 15) is 4.39 Å². The minimum absolute atomic E-state index is 0.148. The first-order chi connectivity index (χ1) is 9.13. The molecule has 4 heteroatoms. The van der Waals surface area contributed by atoms with Gasteiger partial charge in [-0.15, -0.1) is 0 Å². The van der Waals surface area contributed by atoms with Crippen molar-refractivity contribution in [1.29, 1.82) is 0 Å². The fourth-order valence-corrected chi connectivity index (χ4v) is 3.10. The van der Waals surface area contributed by atoms with E-state index in [4.69, 9.17) is 0 Å². The van der Waals surface area contributed by atoms with E-state index in [1.165, 1.54) is 11.6 Å². The molecule has 0 saturated heterocycles.